The summed E-state index contributed by atoms with van der Waals surface area (Å²) in [5.41, 5.74) is 2.61. The molecule has 0 spiro atoms. The predicted octanol–water partition coefficient (Wildman–Crippen LogP) is 4.85. The third-order valence-electron chi connectivity index (χ3n) is 4.52. The first-order valence-electron chi connectivity index (χ1n) is 7.63. The van der Waals surface area contributed by atoms with Crippen LogP contribution in [0.3, 0.4) is 0 Å². The van der Waals surface area contributed by atoms with Gasteiger partial charge in [0.15, 0.2) is 0 Å². The van der Waals surface area contributed by atoms with Crippen molar-refractivity contribution in [1.29, 1.82) is 0 Å². The minimum atomic E-state index is -0.182. The van der Waals surface area contributed by atoms with E-state index in [-0.39, 0.29) is 21.3 Å². The standard InChI is InChI=1S/C19H24OP2/c1-19(2)14-11-10-13(21(3)4)12-16(14)20-18-15(19)8-7-9-17(18)22(5)6/h7-12H,1-6H3. The van der Waals surface area contributed by atoms with Gasteiger partial charge in [-0.05, 0) is 38.0 Å². The Morgan fingerprint density at radius 1 is 0.864 bits per heavy atom. The summed E-state index contributed by atoms with van der Waals surface area (Å²) in [5, 5.41) is 2.77. The van der Waals surface area contributed by atoms with Crippen LogP contribution in [0.25, 0.3) is 0 Å². The van der Waals surface area contributed by atoms with Crippen LogP contribution in [0.2, 0.25) is 0 Å². The number of fused-ring (bicyclic) bond motifs is 2. The summed E-state index contributed by atoms with van der Waals surface area (Å²) < 4.78 is 6.42. The van der Waals surface area contributed by atoms with Gasteiger partial charge in [0.25, 0.3) is 0 Å². The van der Waals surface area contributed by atoms with E-state index in [1.165, 1.54) is 21.7 Å². The van der Waals surface area contributed by atoms with Crippen molar-refractivity contribution in [2.24, 2.45) is 0 Å². The molecule has 0 N–H and O–H groups in total. The van der Waals surface area contributed by atoms with E-state index in [4.69, 9.17) is 4.74 Å². The first-order valence-corrected chi connectivity index (χ1v) is 12.1. The first kappa shape index (κ1) is 16.0. The molecule has 0 unspecified atom stereocenters. The zero-order valence-corrected chi connectivity index (χ0v) is 16.1. The predicted molar refractivity (Wildman–Crippen MR) is 102 cm³/mol. The largest absolute Gasteiger partial charge is 0.456 e. The summed E-state index contributed by atoms with van der Waals surface area (Å²) in [6.07, 6.45) is 0. The average molecular weight is 330 g/mol. The molecule has 0 saturated heterocycles. The molecular formula is C19H24OP2. The summed E-state index contributed by atoms with van der Waals surface area (Å²) >= 11 is 0. The highest BCUT2D eigenvalue weighted by atomic mass is 31.1. The van der Waals surface area contributed by atoms with Gasteiger partial charge in [0.05, 0.1) is 0 Å². The van der Waals surface area contributed by atoms with Crippen LogP contribution >= 0.6 is 15.8 Å². The topological polar surface area (TPSA) is 9.23 Å². The molecular weight excluding hydrogens is 306 g/mol. The molecule has 1 aliphatic heterocycles. The lowest BCUT2D eigenvalue weighted by atomic mass is 9.76. The van der Waals surface area contributed by atoms with Gasteiger partial charge >= 0.3 is 0 Å². The van der Waals surface area contributed by atoms with Gasteiger partial charge < -0.3 is 4.74 Å². The Morgan fingerprint density at radius 3 is 2.23 bits per heavy atom. The Labute approximate surface area is 136 Å². The fraction of sp³-hybridized carbons (Fsp3) is 0.368. The summed E-state index contributed by atoms with van der Waals surface area (Å²) in [7, 11) is -0.287. The summed E-state index contributed by atoms with van der Waals surface area (Å²) in [4.78, 5) is 0. The van der Waals surface area contributed by atoms with E-state index < -0.39 is 0 Å². The Morgan fingerprint density at radius 2 is 1.59 bits per heavy atom. The second-order valence-electron chi connectivity index (χ2n) is 6.85. The van der Waals surface area contributed by atoms with E-state index in [9.17, 15) is 0 Å². The Kier molecular flexibility index (Phi) is 4.09. The minimum absolute atomic E-state index is 0.00691. The van der Waals surface area contributed by atoms with Gasteiger partial charge in [-0.15, -0.1) is 0 Å². The van der Waals surface area contributed by atoms with Crippen molar-refractivity contribution in [3.8, 4) is 11.5 Å². The van der Waals surface area contributed by atoms with Crippen molar-refractivity contribution in [3.05, 3.63) is 47.5 Å². The lowest BCUT2D eigenvalue weighted by Gasteiger charge is -2.36. The van der Waals surface area contributed by atoms with E-state index >= 15 is 0 Å². The van der Waals surface area contributed by atoms with Gasteiger partial charge in [-0.2, -0.15) is 0 Å². The van der Waals surface area contributed by atoms with Crippen LogP contribution in [0.5, 0.6) is 11.5 Å². The third-order valence-corrected chi connectivity index (χ3v) is 7.14. The Hall–Kier alpha value is -0.900. The van der Waals surface area contributed by atoms with E-state index in [0.29, 0.717) is 0 Å². The summed E-state index contributed by atoms with van der Waals surface area (Å²) in [5.74, 6) is 2.15. The summed E-state index contributed by atoms with van der Waals surface area (Å²) in [6, 6.07) is 13.4. The first-order chi connectivity index (χ1) is 10.3. The lowest BCUT2D eigenvalue weighted by Crippen LogP contribution is -2.27. The molecule has 1 nitrogen and oxygen atoms in total. The van der Waals surface area contributed by atoms with Crippen LogP contribution in [0.15, 0.2) is 36.4 Å². The highest BCUT2D eigenvalue weighted by Gasteiger charge is 2.35. The molecule has 1 heterocycles. The fourth-order valence-corrected chi connectivity index (χ4v) is 4.83. The van der Waals surface area contributed by atoms with Crippen LogP contribution in [-0.4, -0.2) is 26.7 Å². The maximum Gasteiger partial charge on any atom is 0.139 e. The molecule has 3 heteroatoms. The Bertz CT molecular complexity index is 717. The summed E-state index contributed by atoms with van der Waals surface area (Å²) in [6.45, 7) is 13.8. The quantitative estimate of drug-likeness (QED) is 0.715. The maximum atomic E-state index is 6.42. The SMILES string of the molecule is CP(C)c1ccc2c(c1)Oc1c(P(C)C)cccc1C2(C)C. The molecule has 2 aromatic rings. The zero-order valence-electron chi connectivity index (χ0n) is 14.3. The van der Waals surface area contributed by atoms with Gasteiger partial charge in [0.1, 0.15) is 11.5 Å². The molecule has 0 aliphatic carbocycles. The molecule has 0 atom stereocenters. The van der Waals surface area contributed by atoms with Crippen LogP contribution < -0.4 is 15.3 Å². The van der Waals surface area contributed by atoms with Crippen molar-refractivity contribution in [2.75, 3.05) is 26.7 Å². The second-order valence-corrected chi connectivity index (χ2v) is 11.4. The van der Waals surface area contributed by atoms with E-state index in [1.54, 1.807) is 0 Å². The molecule has 22 heavy (non-hydrogen) atoms. The molecule has 0 bridgehead atoms. The number of benzene rings is 2. The van der Waals surface area contributed by atoms with Gasteiger partial charge in [0.2, 0.25) is 0 Å². The van der Waals surface area contributed by atoms with E-state index in [0.717, 1.165) is 11.5 Å². The van der Waals surface area contributed by atoms with Crippen LogP contribution in [0.4, 0.5) is 0 Å². The fourth-order valence-electron chi connectivity index (χ4n) is 3.12. The molecule has 116 valence electrons. The number of ether oxygens (including phenoxy) is 1. The van der Waals surface area contributed by atoms with Gasteiger partial charge in [-0.3, -0.25) is 0 Å². The smallest absolute Gasteiger partial charge is 0.139 e. The van der Waals surface area contributed by atoms with Crippen molar-refractivity contribution in [3.63, 3.8) is 0 Å². The number of hydrogen-bond acceptors (Lipinski definition) is 1. The molecule has 2 aromatic carbocycles. The maximum absolute atomic E-state index is 6.42. The molecule has 0 amide bonds. The van der Waals surface area contributed by atoms with E-state index in [2.05, 4.69) is 76.9 Å². The van der Waals surface area contributed by atoms with Crippen LogP contribution in [0.1, 0.15) is 25.0 Å². The molecule has 1 aliphatic rings. The zero-order chi connectivity index (χ0) is 16.1. The van der Waals surface area contributed by atoms with E-state index in [1.807, 2.05) is 0 Å². The highest BCUT2D eigenvalue weighted by molar-refractivity contribution is 7.64. The molecule has 0 saturated carbocycles. The highest BCUT2D eigenvalue weighted by Crippen LogP contribution is 2.49. The average Bonchev–Trinajstić information content (AvgIpc) is 2.46. The van der Waals surface area contributed by atoms with Gasteiger partial charge in [-0.1, -0.05) is 60.0 Å². The van der Waals surface area contributed by atoms with Crippen LogP contribution in [0, 0.1) is 0 Å². The lowest BCUT2D eigenvalue weighted by molar-refractivity contribution is 0.422. The third kappa shape index (κ3) is 2.49. The monoisotopic (exact) mass is 330 g/mol. The number of para-hydroxylation sites is 1. The normalized spacial score (nSPS) is 15.5. The van der Waals surface area contributed by atoms with Crippen molar-refractivity contribution in [1.82, 2.24) is 0 Å². The molecule has 3 rings (SSSR count). The van der Waals surface area contributed by atoms with Crippen LogP contribution in [-0.2, 0) is 5.41 Å². The number of rotatable bonds is 2. The van der Waals surface area contributed by atoms with Crippen molar-refractivity contribution >= 4 is 26.5 Å². The minimum Gasteiger partial charge on any atom is -0.456 e. The Balaban J connectivity index is 2.21. The van der Waals surface area contributed by atoms with Gasteiger partial charge in [0, 0.05) is 21.8 Å². The van der Waals surface area contributed by atoms with Crippen molar-refractivity contribution in [2.45, 2.75) is 19.3 Å². The van der Waals surface area contributed by atoms with Gasteiger partial charge in [-0.25, -0.2) is 0 Å². The van der Waals surface area contributed by atoms with Crippen molar-refractivity contribution < 1.29 is 4.74 Å². The second kappa shape index (κ2) is 5.63. The number of hydrogen-bond donors (Lipinski definition) is 0. The molecule has 0 aromatic heterocycles. The molecule has 0 fully saturated rings. The molecule has 0 radical (unpaired) electrons.